The number of carbonyl (C=O) groups excluding carboxylic acids is 1. The molecule has 6 heteroatoms. The molecule has 162 valence electrons. The number of aromatic nitrogens is 1. The van der Waals surface area contributed by atoms with Crippen LogP contribution >= 0.6 is 0 Å². The van der Waals surface area contributed by atoms with E-state index in [1.54, 1.807) is 12.3 Å². The van der Waals surface area contributed by atoms with Gasteiger partial charge in [-0.1, -0.05) is 24.3 Å². The number of carbonyl (C=O) groups is 1. The highest BCUT2D eigenvalue weighted by Gasteiger charge is 2.16. The average Bonchev–Trinajstić information content (AvgIpc) is 3.34. The van der Waals surface area contributed by atoms with Crippen molar-refractivity contribution in [3.8, 4) is 16.9 Å². The fourth-order valence-electron chi connectivity index (χ4n) is 4.09. The zero-order chi connectivity index (χ0) is 21.9. The monoisotopic (exact) mass is 430 g/mol. The van der Waals surface area contributed by atoms with E-state index in [1.807, 2.05) is 42.5 Å². The summed E-state index contributed by atoms with van der Waals surface area (Å²) in [6.45, 7) is 1.24. The maximum atomic E-state index is 14.2. The summed E-state index contributed by atoms with van der Waals surface area (Å²) in [5.41, 5.74) is 2.41. The SMILES string of the molecule is O=C(COc1ccc2cc(-c3cc(F)cc4cccnc34)ccc2c1)NCC1CCCO1. The quantitative estimate of drug-likeness (QED) is 0.474. The van der Waals surface area contributed by atoms with Crippen molar-refractivity contribution in [2.24, 2.45) is 0 Å². The van der Waals surface area contributed by atoms with Crippen LogP contribution in [-0.4, -0.2) is 36.8 Å². The van der Waals surface area contributed by atoms with Crippen LogP contribution < -0.4 is 10.1 Å². The van der Waals surface area contributed by atoms with Gasteiger partial charge in [0.1, 0.15) is 11.6 Å². The molecule has 1 unspecified atom stereocenters. The van der Waals surface area contributed by atoms with Crippen LogP contribution in [0.3, 0.4) is 0 Å². The standard InChI is InChI=1S/C26H23FN2O3/c27-21-12-20-3-1-9-28-26(20)24(14-21)19-6-5-18-13-22(8-7-17(18)11-19)32-16-25(30)29-15-23-4-2-10-31-23/h1,3,5-9,11-14,23H,2,4,10,15-16H2,(H,29,30). The smallest absolute Gasteiger partial charge is 0.258 e. The molecule has 0 saturated carbocycles. The van der Waals surface area contributed by atoms with Crippen molar-refractivity contribution in [2.45, 2.75) is 18.9 Å². The van der Waals surface area contributed by atoms with Crippen molar-refractivity contribution in [3.05, 3.63) is 72.7 Å². The zero-order valence-corrected chi connectivity index (χ0v) is 17.5. The Bertz CT molecular complexity index is 1280. The van der Waals surface area contributed by atoms with E-state index in [1.165, 1.54) is 12.1 Å². The van der Waals surface area contributed by atoms with Gasteiger partial charge >= 0.3 is 0 Å². The Hall–Kier alpha value is -3.51. The van der Waals surface area contributed by atoms with Crippen LogP contribution in [0.5, 0.6) is 5.75 Å². The summed E-state index contributed by atoms with van der Waals surface area (Å²) in [6, 6.07) is 18.3. The molecule has 0 spiro atoms. The summed E-state index contributed by atoms with van der Waals surface area (Å²) in [5, 5.41) is 5.58. The molecule has 1 N–H and O–H groups in total. The molecular weight excluding hydrogens is 407 g/mol. The van der Waals surface area contributed by atoms with Gasteiger partial charge in [-0.15, -0.1) is 0 Å². The van der Waals surface area contributed by atoms with E-state index in [-0.39, 0.29) is 24.4 Å². The number of hydrogen-bond acceptors (Lipinski definition) is 4. The number of ether oxygens (including phenoxy) is 2. The lowest BCUT2D eigenvalue weighted by Gasteiger charge is -2.12. The summed E-state index contributed by atoms with van der Waals surface area (Å²) in [4.78, 5) is 16.5. The molecule has 0 radical (unpaired) electrons. The fraction of sp³-hybridized carbons (Fsp3) is 0.231. The van der Waals surface area contributed by atoms with E-state index in [0.717, 1.165) is 52.3 Å². The van der Waals surface area contributed by atoms with Crippen LogP contribution in [0.25, 0.3) is 32.8 Å². The highest BCUT2D eigenvalue weighted by Crippen LogP contribution is 2.31. The minimum absolute atomic E-state index is 0.0444. The molecule has 1 aliphatic rings. The molecular formula is C26H23FN2O3. The lowest BCUT2D eigenvalue weighted by molar-refractivity contribution is -0.123. The second kappa shape index (κ2) is 8.93. The fourth-order valence-corrected chi connectivity index (χ4v) is 4.09. The van der Waals surface area contributed by atoms with Crippen molar-refractivity contribution in [3.63, 3.8) is 0 Å². The summed E-state index contributed by atoms with van der Waals surface area (Å²) in [7, 11) is 0. The lowest BCUT2D eigenvalue weighted by atomic mass is 9.98. The van der Waals surface area contributed by atoms with Gasteiger partial charge in [-0.25, -0.2) is 4.39 Å². The van der Waals surface area contributed by atoms with Gasteiger partial charge in [-0.05, 0) is 65.6 Å². The predicted molar refractivity (Wildman–Crippen MR) is 122 cm³/mol. The van der Waals surface area contributed by atoms with Gasteiger partial charge in [0.2, 0.25) is 0 Å². The van der Waals surface area contributed by atoms with Gasteiger partial charge < -0.3 is 14.8 Å². The molecule has 0 bridgehead atoms. The van der Waals surface area contributed by atoms with Crippen LogP contribution in [0.15, 0.2) is 66.9 Å². The third kappa shape index (κ3) is 4.41. The van der Waals surface area contributed by atoms with Crippen molar-refractivity contribution in [2.75, 3.05) is 19.8 Å². The van der Waals surface area contributed by atoms with Gasteiger partial charge in [0.15, 0.2) is 6.61 Å². The number of benzene rings is 3. The predicted octanol–water partition coefficient (Wildman–Crippen LogP) is 4.87. The molecule has 1 aromatic heterocycles. The highest BCUT2D eigenvalue weighted by molar-refractivity contribution is 5.97. The molecule has 1 atom stereocenters. The Morgan fingerprint density at radius 2 is 1.97 bits per heavy atom. The van der Waals surface area contributed by atoms with Crippen LogP contribution in [0, 0.1) is 5.82 Å². The highest BCUT2D eigenvalue weighted by atomic mass is 19.1. The molecule has 2 heterocycles. The van der Waals surface area contributed by atoms with Crippen molar-refractivity contribution in [1.82, 2.24) is 10.3 Å². The Balaban J connectivity index is 1.31. The van der Waals surface area contributed by atoms with E-state index < -0.39 is 0 Å². The van der Waals surface area contributed by atoms with Crippen LogP contribution in [-0.2, 0) is 9.53 Å². The maximum Gasteiger partial charge on any atom is 0.258 e. The first-order valence-corrected chi connectivity index (χ1v) is 10.8. The van der Waals surface area contributed by atoms with Gasteiger partial charge in [-0.3, -0.25) is 9.78 Å². The average molecular weight is 430 g/mol. The second-order valence-electron chi connectivity index (χ2n) is 7.98. The first-order chi connectivity index (χ1) is 15.7. The molecule has 4 aromatic rings. The lowest BCUT2D eigenvalue weighted by Crippen LogP contribution is -2.35. The van der Waals surface area contributed by atoms with Crippen molar-refractivity contribution >= 4 is 27.6 Å². The molecule has 1 saturated heterocycles. The van der Waals surface area contributed by atoms with E-state index in [9.17, 15) is 9.18 Å². The molecule has 32 heavy (non-hydrogen) atoms. The number of amides is 1. The normalized spacial score (nSPS) is 15.8. The molecule has 5 nitrogen and oxygen atoms in total. The van der Waals surface area contributed by atoms with Gasteiger partial charge in [0, 0.05) is 30.3 Å². The number of hydrogen-bond donors (Lipinski definition) is 1. The van der Waals surface area contributed by atoms with Crippen LogP contribution in [0.4, 0.5) is 4.39 Å². The maximum absolute atomic E-state index is 14.2. The summed E-state index contributed by atoms with van der Waals surface area (Å²) < 4.78 is 25.3. The molecule has 1 fully saturated rings. The number of fused-ring (bicyclic) bond motifs is 2. The Morgan fingerprint density at radius 1 is 1.09 bits per heavy atom. The molecule has 1 aliphatic heterocycles. The second-order valence-corrected chi connectivity index (χ2v) is 7.98. The first-order valence-electron chi connectivity index (χ1n) is 10.8. The van der Waals surface area contributed by atoms with Gasteiger partial charge in [0.25, 0.3) is 5.91 Å². The Morgan fingerprint density at radius 3 is 2.84 bits per heavy atom. The first kappa shape index (κ1) is 20.4. The van der Waals surface area contributed by atoms with Gasteiger partial charge in [0.05, 0.1) is 11.6 Å². The van der Waals surface area contributed by atoms with Crippen LogP contribution in [0.1, 0.15) is 12.8 Å². The van der Waals surface area contributed by atoms with Crippen molar-refractivity contribution < 1.29 is 18.7 Å². The molecule has 3 aromatic carbocycles. The third-order valence-corrected chi connectivity index (χ3v) is 5.71. The minimum Gasteiger partial charge on any atom is -0.484 e. The Kier molecular flexibility index (Phi) is 5.69. The van der Waals surface area contributed by atoms with E-state index >= 15 is 0 Å². The number of pyridine rings is 1. The molecule has 0 aliphatic carbocycles. The number of rotatable bonds is 6. The van der Waals surface area contributed by atoms with Crippen LogP contribution in [0.2, 0.25) is 0 Å². The van der Waals surface area contributed by atoms with E-state index in [4.69, 9.17) is 9.47 Å². The topological polar surface area (TPSA) is 60.5 Å². The number of halogens is 1. The third-order valence-electron chi connectivity index (χ3n) is 5.71. The van der Waals surface area contributed by atoms with Gasteiger partial charge in [-0.2, -0.15) is 0 Å². The molecule has 5 rings (SSSR count). The molecule has 1 amide bonds. The van der Waals surface area contributed by atoms with E-state index in [0.29, 0.717) is 12.3 Å². The summed E-state index contributed by atoms with van der Waals surface area (Å²) in [5.74, 6) is 0.166. The largest absolute Gasteiger partial charge is 0.484 e. The zero-order valence-electron chi connectivity index (χ0n) is 17.5. The summed E-state index contributed by atoms with van der Waals surface area (Å²) in [6.07, 6.45) is 3.85. The number of nitrogens with zero attached hydrogens (tertiary/aromatic N) is 1. The minimum atomic E-state index is -0.290. The van der Waals surface area contributed by atoms with Crippen molar-refractivity contribution in [1.29, 1.82) is 0 Å². The summed E-state index contributed by atoms with van der Waals surface area (Å²) >= 11 is 0. The number of nitrogens with one attached hydrogen (secondary N) is 1. The van der Waals surface area contributed by atoms with E-state index in [2.05, 4.69) is 10.3 Å². The Labute approximate surface area is 185 Å².